The van der Waals surface area contributed by atoms with Crippen LogP contribution in [0, 0.1) is 5.92 Å². The van der Waals surface area contributed by atoms with Crippen LogP contribution >= 0.6 is 0 Å². The number of fused-ring (bicyclic) bond motifs is 2. The number of aryl methyl sites for hydroxylation is 1. The Balaban J connectivity index is 1.21. The molecule has 0 radical (unpaired) electrons. The fourth-order valence-corrected chi connectivity index (χ4v) is 6.75. The number of benzene rings is 1. The minimum absolute atomic E-state index is 0.372. The molecule has 3 atom stereocenters. The third-order valence-corrected chi connectivity index (χ3v) is 8.51. The first-order valence-corrected chi connectivity index (χ1v) is 13.8. The number of hydrogen-bond acceptors (Lipinski definition) is 5. The molecule has 0 amide bonds. The molecule has 0 spiro atoms. The first kappa shape index (κ1) is 23.1. The molecule has 2 aromatic heterocycles. The van der Waals surface area contributed by atoms with Gasteiger partial charge in [-0.05, 0) is 94.8 Å². The van der Waals surface area contributed by atoms with Gasteiger partial charge in [0.05, 0.1) is 29.3 Å². The van der Waals surface area contributed by atoms with Crippen LogP contribution in [-0.4, -0.2) is 63.6 Å². The van der Waals surface area contributed by atoms with Crippen molar-refractivity contribution in [1.29, 1.82) is 0 Å². The van der Waals surface area contributed by atoms with E-state index >= 15 is 0 Å². The molecule has 1 aliphatic carbocycles. The van der Waals surface area contributed by atoms with Crippen molar-refractivity contribution in [3.8, 4) is 0 Å². The quantitative estimate of drug-likeness (QED) is 0.552. The van der Waals surface area contributed by atoms with E-state index in [-0.39, 0.29) is 0 Å². The maximum atomic E-state index is 5.15. The lowest BCUT2D eigenvalue weighted by atomic mass is 9.91. The van der Waals surface area contributed by atoms with Gasteiger partial charge in [0.2, 0.25) is 0 Å². The molecule has 4 heterocycles. The third kappa shape index (κ3) is 5.02. The smallest absolute Gasteiger partial charge is 0.124 e. The van der Waals surface area contributed by atoms with Crippen molar-refractivity contribution in [1.82, 2.24) is 29.7 Å². The van der Waals surface area contributed by atoms with Crippen LogP contribution in [0.25, 0.3) is 11.0 Å². The molecule has 35 heavy (non-hydrogen) atoms. The zero-order valence-corrected chi connectivity index (χ0v) is 21.2. The molecule has 3 aromatic rings. The fourth-order valence-electron chi connectivity index (χ4n) is 6.75. The number of nitrogens with one attached hydrogen (secondary N) is 1. The molecule has 6 rings (SSSR count). The van der Waals surface area contributed by atoms with Crippen LogP contribution in [0.1, 0.15) is 61.6 Å². The van der Waals surface area contributed by atoms with Gasteiger partial charge in [-0.3, -0.25) is 9.88 Å². The lowest BCUT2D eigenvalue weighted by Crippen LogP contribution is -2.43. The van der Waals surface area contributed by atoms with E-state index < -0.39 is 0 Å². The molecule has 0 saturated carbocycles. The number of piperidine rings is 1. The van der Waals surface area contributed by atoms with Crippen LogP contribution < -0.4 is 5.32 Å². The number of hydrogen-bond donors (Lipinski definition) is 1. The zero-order valence-electron chi connectivity index (χ0n) is 21.2. The number of pyridine rings is 1. The second kappa shape index (κ2) is 10.4. The van der Waals surface area contributed by atoms with Gasteiger partial charge in [0, 0.05) is 31.9 Å². The SMILES string of the molecule is CN(Cc1nc2ccccc2n1C[C@H]1CCCN(C[C@H]2CCCN2)C1)[C@H]1CCCc2cccnc21. The lowest BCUT2D eigenvalue weighted by molar-refractivity contribution is 0.149. The number of imidazole rings is 1. The average Bonchev–Trinajstić information content (AvgIpc) is 3.52. The van der Waals surface area contributed by atoms with E-state index in [0.717, 1.165) is 25.0 Å². The van der Waals surface area contributed by atoms with Crippen LogP contribution in [0.4, 0.5) is 0 Å². The van der Waals surface area contributed by atoms with Crippen LogP contribution in [0.15, 0.2) is 42.6 Å². The highest BCUT2D eigenvalue weighted by Gasteiger charge is 2.28. The second-order valence-electron chi connectivity index (χ2n) is 11.1. The number of likely N-dealkylation sites (tertiary alicyclic amines) is 1. The third-order valence-electron chi connectivity index (χ3n) is 8.51. The van der Waals surface area contributed by atoms with E-state index in [0.29, 0.717) is 18.0 Å². The highest BCUT2D eigenvalue weighted by Crippen LogP contribution is 2.33. The number of para-hydroxylation sites is 2. The van der Waals surface area contributed by atoms with Crippen LogP contribution in [0.5, 0.6) is 0 Å². The van der Waals surface area contributed by atoms with Crippen LogP contribution in [0.3, 0.4) is 0 Å². The van der Waals surface area contributed by atoms with E-state index in [2.05, 4.69) is 63.1 Å². The summed E-state index contributed by atoms with van der Waals surface area (Å²) in [7, 11) is 2.26. The molecule has 0 bridgehead atoms. The molecule has 0 unspecified atom stereocenters. The van der Waals surface area contributed by atoms with Crippen molar-refractivity contribution < 1.29 is 0 Å². The van der Waals surface area contributed by atoms with Crippen molar-refractivity contribution >= 4 is 11.0 Å². The van der Waals surface area contributed by atoms with Gasteiger partial charge < -0.3 is 14.8 Å². The summed E-state index contributed by atoms with van der Waals surface area (Å²) in [5.41, 5.74) is 5.10. The maximum absolute atomic E-state index is 5.15. The Morgan fingerprint density at radius 2 is 1.97 bits per heavy atom. The predicted octanol–water partition coefficient (Wildman–Crippen LogP) is 4.40. The molecule has 2 aliphatic heterocycles. The molecular weight excluding hydrogens is 432 g/mol. The van der Waals surface area contributed by atoms with Gasteiger partial charge in [0.25, 0.3) is 0 Å². The van der Waals surface area contributed by atoms with E-state index in [4.69, 9.17) is 9.97 Å². The van der Waals surface area contributed by atoms with Crippen molar-refractivity contribution in [3.63, 3.8) is 0 Å². The summed E-state index contributed by atoms with van der Waals surface area (Å²) in [6.45, 7) is 6.80. The van der Waals surface area contributed by atoms with E-state index in [1.165, 1.54) is 87.3 Å². The molecule has 2 fully saturated rings. The highest BCUT2D eigenvalue weighted by molar-refractivity contribution is 5.75. The summed E-state index contributed by atoms with van der Waals surface area (Å²) in [5.74, 6) is 1.88. The van der Waals surface area contributed by atoms with Crippen molar-refractivity contribution in [2.24, 2.45) is 5.92 Å². The highest BCUT2D eigenvalue weighted by atomic mass is 15.2. The summed E-state index contributed by atoms with van der Waals surface area (Å²) in [5, 5.41) is 3.69. The van der Waals surface area contributed by atoms with Gasteiger partial charge in [-0.15, -0.1) is 0 Å². The average molecular weight is 473 g/mol. The van der Waals surface area contributed by atoms with Gasteiger partial charge in [0.1, 0.15) is 5.82 Å². The Hall–Kier alpha value is -2.28. The zero-order chi connectivity index (χ0) is 23.6. The maximum Gasteiger partial charge on any atom is 0.124 e. The molecule has 2 saturated heterocycles. The summed E-state index contributed by atoms with van der Waals surface area (Å²) < 4.78 is 2.54. The Labute approximate surface area is 209 Å². The summed E-state index contributed by atoms with van der Waals surface area (Å²) in [4.78, 5) is 15.1. The molecule has 1 aromatic carbocycles. The van der Waals surface area contributed by atoms with E-state index in [1.54, 1.807) is 0 Å². The second-order valence-corrected chi connectivity index (χ2v) is 11.1. The van der Waals surface area contributed by atoms with Gasteiger partial charge in [-0.25, -0.2) is 4.98 Å². The van der Waals surface area contributed by atoms with Crippen LogP contribution in [0.2, 0.25) is 0 Å². The molecular formula is C29H40N6. The van der Waals surface area contributed by atoms with E-state index in [1.807, 2.05) is 6.20 Å². The Bertz CT molecular complexity index is 1130. The standard InChI is InChI=1S/C29H40N6/c1-33(27-14-4-9-23-10-5-16-31-29(23)27)21-28-32-25-12-2-3-13-26(25)35(28)19-22-8-7-17-34(18-22)20-24-11-6-15-30-24/h2-3,5,10,12-13,16,22,24,27,30H,4,6-9,11,14-15,17-21H2,1H3/t22-,24+,27-/m0/s1. The van der Waals surface area contributed by atoms with Crippen LogP contribution in [-0.2, 0) is 19.5 Å². The first-order chi connectivity index (χ1) is 17.2. The Morgan fingerprint density at radius 3 is 2.89 bits per heavy atom. The Kier molecular flexibility index (Phi) is 6.86. The minimum atomic E-state index is 0.372. The van der Waals surface area contributed by atoms with Crippen molar-refractivity contribution in [2.75, 3.05) is 33.2 Å². The molecule has 6 heteroatoms. The van der Waals surface area contributed by atoms with Crippen molar-refractivity contribution in [2.45, 2.75) is 70.1 Å². The first-order valence-electron chi connectivity index (χ1n) is 13.8. The topological polar surface area (TPSA) is 49.2 Å². The summed E-state index contributed by atoms with van der Waals surface area (Å²) in [6.07, 6.45) is 10.8. The Morgan fingerprint density at radius 1 is 1.03 bits per heavy atom. The monoisotopic (exact) mass is 472 g/mol. The van der Waals surface area contributed by atoms with Gasteiger partial charge in [-0.2, -0.15) is 0 Å². The summed E-state index contributed by atoms with van der Waals surface area (Å²) >= 11 is 0. The fraction of sp³-hybridized carbons (Fsp3) is 0.586. The van der Waals surface area contributed by atoms with Crippen molar-refractivity contribution in [3.05, 3.63) is 59.7 Å². The normalized spacial score (nSPS) is 25.4. The van der Waals surface area contributed by atoms with Gasteiger partial charge in [-0.1, -0.05) is 18.2 Å². The largest absolute Gasteiger partial charge is 0.327 e. The molecule has 6 nitrogen and oxygen atoms in total. The lowest BCUT2D eigenvalue weighted by Gasteiger charge is -2.35. The molecule has 1 N–H and O–H groups in total. The number of nitrogens with zero attached hydrogens (tertiary/aromatic N) is 5. The number of rotatable bonds is 7. The van der Waals surface area contributed by atoms with Gasteiger partial charge in [0.15, 0.2) is 0 Å². The molecule has 186 valence electrons. The molecule has 3 aliphatic rings. The minimum Gasteiger partial charge on any atom is -0.327 e. The summed E-state index contributed by atoms with van der Waals surface area (Å²) in [6, 6.07) is 14.1. The van der Waals surface area contributed by atoms with E-state index in [9.17, 15) is 0 Å². The number of aromatic nitrogens is 3. The van der Waals surface area contributed by atoms with Gasteiger partial charge >= 0.3 is 0 Å². The predicted molar refractivity (Wildman–Crippen MR) is 141 cm³/mol.